The second-order valence-corrected chi connectivity index (χ2v) is 6.69. The maximum absolute atomic E-state index is 10.8. The molecule has 0 spiro atoms. The van der Waals surface area contributed by atoms with Crippen LogP contribution in [0.4, 0.5) is 11.6 Å². The van der Waals surface area contributed by atoms with E-state index < -0.39 is 4.92 Å². The number of halogens is 1. The zero-order valence-corrected chi connectivity index (χ0v) is 15.4. The van der Waals surface area contributed by atoms with E-state index in [9.17, 15) is 10.1 Å². The molecule has 1 heterocycles. The molecule has 9 nitrogen and oxygen atoms in total. The van der Waals surface area contributed by atoms with Gasteiger partial charge in [-0.25, -0.2) is 10.1 Å². The summed E-state index contributed by atoms with van der Waals surface area (Å²) in [6.45, 7) is 0. The number of thioether (sulfide) groups is 1. The number of non-ortho nitro benzene ring substituents is 1. The van der Waals surface area contributed by atoms with Crippen LogP contribution in [-0.4, -0.2) is 26.0 Å². The number of hydrazone groups is 1. The first-order chi connectivity index (χ1) is 13.0. The van der Waals surface area contributed by atoms with Crippen molar-refractivity contribution in [3.8, 4) is 0 Å². The summed E-state index contributed by atoms with van der Waals surface area (Å²) in [6, 6.07) is 13.6. The quantitative estimate of drug-likeness (QED) is 0.204. The number of aromatic nitrogens is 3. The van der Waals surface area contributed by atoms with E-state index in [2.05, 4.69) is 20.7 Å². The van der Waals surface area contributed by atoms with E-state index in [4.69, 9.17) is 17.4 Å². The summed E-state index contributed by atoms with van der Waals surface area (Å²) in [7, 11) is 0. The van der Waals surface area contributed by atoms with Gasteiger partial charge in [0.15, 0.2) is 0 Å². The molecule has 0 aliphatic rings. The van der Waals surface area contributed by atoms with Crippen LogP contribution in [0.25, 0.3) is 0 Å². The van der Waals surface area contributed by atoms with Crippen molar-refractivity contribution < 1.29 is 4.92 Å². The summed E-state index contributed by atoms with van der Waals surface area (Å²) in [5.74, 6) is 6.86. The maximum atomic E-state index is 10.8. The highest BCUT2D eigenvalue weighted by molar-refractivity contribution is 7.98. The normalized spacial score (nSPS) is 11.0. The number of nitro groups is 1. The molecule has 3 aromatic rings. The lowest BCUT2D eigenvalue weighted by atomic mass is 10.2. The Balaban J connectivity index is 1.60. The molecule has 3 rings (SSSR count). The van der Waals surface area contributed by atoms with Gasteiger partial charge in [0.1, 0.15) is 0 Å². The summed E-state index contributed by atoms with van der Waals surface area (Å²) < 4.78 is 1.28. The minimum atomic E-state index is -0.467. The van der Waals surface area contributed by atoms with Crippen LogP contribution < -0.4 is 11.3 Å². The van der Waals surface area contributed by atoms with Crippen LogP contribution in [0, 0.1) is 10.1 Å². The fourth-order valence-corrected chi connectivity index (χ4v) is 3.00. The van der Waals surface area contributed by atoms with Crippen LogP contribution in [0.3, 0.4) is 0 Å². The summed E-state index contributed by atoms with van der Waals surface area (Å²) in [5, 5.41) is 23.9. The molecular formula is C16H14ClN7O2S. The summed E-state index contributed by atoms with van der Waals surface area (Å²) in [5.41, 5.74) is 4.30. The van der Waals surface area contributed by atoms with Gasteiger partial charge in [-0.3, -0.25) is 10.1 Å². The Morgan fingerprint density at radius 1 is 1.30 bits per heavy atom. The monoisotopic (exact) mass is 403 g/mol. The lowest BCUT2D eigenvalue weighted by Gasteiger charge is -2.03. The number of nitro benzene ring substituents is 1. The molecule has 0 atom stereocenters. The molecule has 0 unspecified atom stereocenters. The van der Waals surface area contributed by atoms with Gasteiger partial charge >= 0.3 is 0 Å². The molecule has 0 aliphatic carbocycles. The van der Waals surface area contributed by atoms with Gasteiger partial charge in [0, 0.05) is 28.5 Å². The minimum absolute atomic E-state index is 0.0122. The van der Waals surface area contributed by atoms with Crippen molar-refractivity contribution in [3.63, 3.8) is 0 Å². The largest absolute Gasteiger partial charge is 0.334 e. The molecule has 0 aliphatic heterocycles. The van der Waals surface area contributed by atoms with E-state index >= 15 is 0 Å². The second-order valence-electron chi connectivity index (χ2n) is 5.31. The van der Waals surface area contributed by atoms with Crippen molar-refractivity contribution in [2.45, 2.75) is 10.9 Å². The van der Waals surface area contributed by atoms with Gasteiger partial charge in [-0.1, -0.05) is 47.6 Å². The van der Waals surface area contributed by atoms with Crippen LogP contribution in [0.1, 0.15) is 11.1 Å². The molecule has 0 fully saturated rings. The number of nitrogen functional groups attached to an aromatic ring is 1. The average Bonchev–Trinajstić information content (AvgIpc) is 3.01. The molecule has 0 radical (unpaired) electrons. The zero-order valence-electron chi connectivity index (χ0n) is 13.8. The highest BCUT2D eigenvalue weighted by Crippen LogP contribution is 2.22. The summed E-state index contributed by atoms with van der Waals surface area (Å²) in [4.78, 5) is 10.3. The van der Waals surface area contributed by atoms with Crippen molar-refractivity contribution in [3.05, 3.63) is 74.8 Å². The van der Waals surface area contributed by atoms with Crippen LogP contribution in [0.5, 0.6) is 0 Å². The number of hydrogen-bond acceptors (Lipinski definition) is 8. The fourth-order valence-electron chi connectivity index (χ4n) is 2.06. The Hall–Kier alpha value is -3.11. The Bertz CT molecular complexity index is 975. The average molecular weight is 404 g/mol. The molecule has 27 heavy (non-hydrogen) atoms. The summed E-state index contributed by atoms with van der Waals surface area (Å²) in [6.07, 6.45) is 1.43. The molecule has 2 aromatic carbocycles. The number of anilines is 1. The van der Waals surface area contributed by atoms with Crippen molar-refractivity contribution in [2.24, 2.45) is 5.10 Å². The van der Waals surface area contributed by atoms with E-state index in [0.29, 0.717) is 21.5 Å². The third kappa shape index (κ3) is 4.96. The smallest absolute Gasteiger partial charge is 0.270 e. The minimum Gasteiger partial charge on any atom is -0.334 e. The summed E-state index contributed by atoms with van der Waals surface area (Å²) >= 11 is 7.28. The van der Waals surface area contributed by atoms with Gasteiger partial charge in [-0.15, -0.1) is 10.2 Å². The van der Waals surface area contributed by atoms with E-state index in [1.54, 1.807) is 12.1 Å². The predicted octanol–water partition coefficient (Wildman–Crippen LogP) is 3.29. The highest BCUT2D eigenvalue weighted by atomic mass is 35.5. The van der Waals surface area contributed by atoms with E-state index in [-0.39, 0.29) is 11.6 Å². The second kappa shape index (κ2) is 8.52. The van der Waals surface area contributed by atoms with Crippen LogP contribution in [-0.2, 0) is 5.75 Å². The third-order valence-electron chi connectivity index (χ3n) is 3.40. The third-order valence-corrected chi connectivity index (χ3v) is 4.67. The SMILES string of the molecule is Nn1c(N/N=C/c2cccc([N+](=O)[O-])c2)nnc1SCc1ccc(Cl)cc1. The Morgan fingerprint density at radius 2 is 2.07 bits per heavy atom. The Labute approximate surface area is 163 Å². The van der Waals surface area contributed by atoms with Crippen molar-refractivity contribution in [1.29, 1.82) is 0 Å². The van der Waals surface area contributed by atoms with Crippen LogP contribution in [0.15, 0.2) is 58.8 Å². The van der Waals surface area contributed by atoms with E-state index in [0.717, 1.165) is 5.56 Å². The van der Waals surface area contributed by atoms with Crippen molar-refractivity contribution >= 4 is 41.2 Å². The first-order valence-electron chi connectivity index (χ1n) is 7.64. The maximum Gasteiger partial charge on any atom is 0.270 e. The first-order valence-corrected chi connectivity index (χ1v) is 9.00. The number of benzene rings is 2. The number of rotatable bonds is 7. The molecule has 0 saturated carbocycles. The molecule has 1 aromatic heterocycles. The Morgan fingerprint density at radius 3 is 2.81 bits per heavy atom. The van der Waals surface area contributed by atoms with Crippen LogP contribution >= 0.6 is 23.4 Å². The standard InChI is InChI=1S/C16H14ClN7O2S/c17-13-6-4-11(5-7-13)10-27-16-22-21-15(23(16)18)20-19-9-12-2-1-3-14(8-12)24(25)26/h1-9H,10,18H2,(H,20,21)/b19-9+. The van der Waals surface area contributed by atoms with E-state index in [1.165, 1.54) is 34.8 Å². The molecular weight excluding hydrogens is 390 g/mol. The number of nitrogens with zero attached hydrogens (tertiary/aromatic N) is 5. The first kappa shape index (κ1) is 18.7. The lowest BCUT2D eigenvalue weighted by Crippen LogP contribution is -2.13. The van der Waals surface area contributed by atoms with E-state index in [1.807, 2.05) is 24.3 Å². The van der Waals surface area contributed by atoms with Crippen molar-refractivity contribution in [1.82, 2.24) is 14.9 Å². The predicted molar refractivity (Wildman–Crippen MR) is 105 cm³/mol. The Kier molecular flexibility index (Phi) is 5.89. The number of hydrogen-bond donors (Lipinski definition) is 2. The lowest BCUT2D eigenvalue weighted by molar-refractivity contribution is -0.384. The zero-order chi connectivity index (χ0) is 19.2. The highest BCUT2D eigenvalue weighted by Gasteiger charge is 2.10. The van der Waals surface area contributed by atoms with Gasteiger partial charge in [-0.05, 0) is 17.7 Å². The molecule has 0 saturated heterocycles. The fraction of sp³-hybridized carbons (Fsp3) is 0.0625. The van der Waals surface area contributed by atoms with Gasteiger partial charge in [-0.2, -0.15) is 5.10 Å². The molecule has 138 valence electrons. The topological polar surface area (TPSA) is 124 Å². The van der Waals surface area contributed by atoms with Gasteiger partial charge < -0.3 is 5.84 Å². The number of nitrogens with one attached hydrogen (secondary N) is 1. The number of nitrogens with two attached hydrogens (primary N) is 1. The molecule has 0 amide bonds. The van der Waals surface area contributed by atoms with Gasteiger partial charge in [0.2, 0.25) is 5.16 Å². The molecule has 11 heteroatoms. The van der Waals surface area contributed by atoms with Gasteiger partial charge in [0.25, 0.3) is 11.6 Å². The van der Waals surface area contributed by atoms with Crippen molar-refractivity contribution in [2.75, 3.05) is 11.3 Å². The van der Waals surface area contributed by atoms with Gasteiger partial charge in [0.05, 0.1) is 11.1 Å². The van der Waals surface area contributed by atoms with Crippen LogP contribution in [0.2, 0.25) is 5.02 Å². The molecule has 3 N–H and O–H groups in total. The molecule has 0 bridgehead atoms.